The molecule has 0 unspecified atom stereocenters. The molecule has 1 spiro atoms. The first-order valence-electron chi connectivity index (χ1n) is 7.43. The van der Waals surface area contributed by atoms with Crippen LogP contribution in [0.15, 0.2) is 0 Å². The Morgan fingerprint density at radius 2 is 2.11 bits per heavy atom. The van der Waals surface area contributed by atoms with Gasteiger partial charge in [0, 0.05) is 25.7 Å². The minimum atomic E-state index is -3.02. The van der Waals surface area contributed by atoms with Gasteiger partial charge in [0.25, 0.3) is 0 Å². The molecule has 2 N–H and O–H groups in total. The van der Waals surface area contributed by atoms with Crippen molar-refractivity contribution in [1.29, 1.82) is 0 Å². The first kappa shape index (κ1) is 13.8. The number of sulfonamides is 1. The van der Waals surface area contributed by atoms with Gasteiger partial charge >= 0.3 is 0 Å². The molecule has 3 aliphatic rings. The summed E-state index contributed by atoms with van der Waals surface area (Å²) in [6, 6.07) is 0.195. The fraction of sp³-hybridized carbons (Fsp3) is 1.00. The fourth-order valence-corrected chi connectivity index (χ4v) is 4.77. The Kier molecular flexibility index (Phi) is 3.62. The van der Waals surface area contributed by atoms with Crippen molar-refractivity contribution in [3.8, 4) is 0 Å². The zero-order chi connectivity index (χ0) is 13.5. The second-order valence-corrected chi connectivity index (χ2v) is 8.70. The van der Waals surface area contributed by atoms with E-state index in [-0.39, 0.29) is 11.8 Å². The largest absolute Gasteiger partial charge is 0.316 e. The summed E-state index contributed by atoms with van der Waals surface area (Å²) in [6.07, 6.45) is 3.37. The predicted octanol–water partition coefficient (Wildman–Crippen LogP) is -0.000400. The van der Waals surface area contributed by atoms with Gasteiger partial charge in [-0.15, -0.1) is 0 Å². The van der Waals surface area contributed by atoms with Crippen molar-refractivity contribution in [3.05, 3.63) is 0 Å². The van der Waals surface area contributed by atoms with Crippen molar-refractivity contribution >= 4 is 10.0 Å². The SMILES string of the molecule is CCS(=O)(=O)NC1CC2(C1)CN(C[C@@H]1CCNC1)C2. The maximum Gasteiger partial charge on any atom is 0.211 e. The lowest BCUT2D eigenvalue weighted by Crippen LogP contribution is -2.66. The van der Waals surface area contributed by atoms with E-state index in [0.717, 1.165) is 18.8 Å². The molecule has 0 aromatic rings. The van der Waals surface area contributed by atoms with E-state index < -0.39 is 10.0 Å². The smallest absolute Gasteiger partial charge is 0.211 e. The predicted molar refractivity (Wildman–Crippen MR) is 75.5 cm³/mol. The maximum absolute atomic E-state index is 11.5. The van der Waals surface area contributed by atoms with E-state index in [1.807, 2.05) is 0 Å². The Morgan fingerprint density at radius 3 is 2.68 bits per heavy atom. The van der Waals surface area contributed by atoms with E-state index in [2.05, 4.69) is 14.9 Å². The third kappa shape index (κ3) is 2.96. The number of nitrogens with one attached hydrogen (secondary N) is 2. The van der Waals surface area contributed by atoms with Gasteiger partial charge in [-0.25, -0.2) is 13.1 Å². The quantitative estimate of drug-likeness (QED) is 0.747. The second kappa shape index (κ2) is 4.98. The molecule has 5 nitrogen and oxygen atoms in total. The monoisotopic (exact) mass is 287 g/mol. The Balaban J connectivity index is 1.38. The molecule has 0 bridgehead atoms. The lowest BCUT2D eigenvalue weighted by Gasteiger charge is -2.59. The zero-order valence-corrected chi connectivity index (χ0v) is 12.5. The van der Waals surface area contributed by atoms with Gasteiger partial charge in [0.05, 0.1) is 5.75 Å². The summed E-state index contributed by atoms with van der Waals surface area (Å²) in [5.41, 5.74) is 0.437. The molecule has 0 radical (unpaired) electrons. The van der Waals surface area contributed by atoms with Gasteiger partial charge in [-0.05, 0) is 50.6 Å². The van der Waals surface area contributed by atoms with Crippen LogP contribution in [0.2, 0.25) is 0 Å². The highest BCUT2D eigenvalue weighted by Gasteiger charge is 2.52. The minimum Gasteiger partial charge on any atom is -0.316 e. The number of nitrogens with zero attached hydrogens (tertiary/aromatic N) is 1. The highest BCUT2D eigenvalue weighted by molar-refractivity contribution is 7.89. The van der Waals surface area contributed by atoms with Gasteiger partial charge in [0.2, 0.25) is 10.0 Å². The Morgan fingerprint density at radius 1 is 1.37 bits per heavy atom. The summed E-state index contributed by atoms with van der Waals surface area (Å²) in [7, 11) is -3.02. The first-order valence-corrected chi connectivity index (χ1v) is 9.09. The molecule has 0 aromatic carbocycles. The zero-order valence-electron chi connectivity index (χ0n) is 11.7. The Bertz CT molecular complexity index is 417. The van der Waals surface area contributed by atoms with Crippen molar-refractivity contribution in [2.24, 2.45) is 11.3 Å². The molecule has 1 saturated carbocycles. The molecule has 2 aliphatic heterocycles. The van der Waals surface area contributed by atoms with Crippen LogP contribution in [0.1, 0.15) is 26.2 Å². The average molecular weight is 287 g/mol. The molecule has 1 atom stereocenters. The third-order valence-electron chi connectivity index (χ3n) is 4.88. The van der Waals surface area contributed by atoms with Gasteiger partial charge in [-0.2, -0.15) is 0 Å². The fourth-order valence-electron chi connectivity index (χ4n) is 3.93. The molecule has 6 heteroatoms. The van der Waals surface area contributed by atoms with Gasteiger partial charge in [0.15, 0.2) is 0 Å². The van der Waals surface area contributed by atoms with Crippen LogP contribution in [0.25, 0.3) is 0 Å². The van der Waals surface area contributed by atoms with Crippen LogP contribution in [0, 0.1) is 11.3 Å². The summed E-state index contributed by atoms with van der Waals surface area (Å²) in [5, 5.41) is 3.41. The van der Waals surface area contributed by atoms with Crippen LogP contribution in [-0.4, -0.2) is 57.8 Å². The van der Waals surface area contributed by atoms with Crippen molar-refractivity contribution < 1.29 is 8.42 Å². The highest BCUT2D eigenvalue weighted by Crippen LogP contribution is 2.48. The van der Waals surface area contributed by atoms with Crippen LogP contribution < -0.4 is 10.0 Å². The summed E-state index contributed by atoms with van der Waals surface area (Å²) in [4.78, 5) is 2.54. The van der Waals surface area contributed by atoms with Crippen LogP contribution in [-0.2, 0) is 10.0 Å². The lowest BCUT2D eigenvalue weighted by molar-refractivity contribution is -0.0790. The van der Waals surface area contributed by atoms with E-state index in [0.29, 0.717) is 5.41 Å². The molecule has 0 amide bonds. The molecule has 2 saturated heterocycles. The molecular formula is C13H25N3O2S. The molecule has 110 valence electrons. The average Bonchev–Trinajstić information content (AvgIpc) is 2.76. The van der Waals surface area contributed by atoms with E-state index in [4.69, 9.17) is 0 Å². The van der Waals surface area contributed by atoms with Crippen LogP contribution in [0.3, 0.4) is 0 Å². The number of likely N-dealkylation sites (tertiary alicyclic amines) is 1. The summed E-state index contributed by atoms with van der Waals surface area (Å²) in [5.74, 6) is 1.02. The van der Waals surface area contributed by atoms with E-state index in [9.17, 15) is 8.42 Å². The van der Waals surface area contributed by atoms with E-state index in [1.54, 1.807) is 6.92 Å². The van der Waals surface area contributed by atoms with Crippen molar-refractivity contribution in [2.45, 2.75) is 32.2 Å². The molecule has 0 aromatic heterocycles. The molecule has 3 rings (SSSR count). The minimum absolute atomic E-state index is 0.192. The summed E-state index contributed by atoms with van der Waals surface area (Å²) < 4.78 is 25.8. The van der Waals surface area contributed by atoms with Crippen molar-refractivity contribution in [1.82, 2.24) is 14.9 Å². The van der Waals surface area contributed by atoms with Gasteiger partial charge in [0.1, 0.15) is 0 Å². The molecule has 1 aliphatic carbocycles. The molecule has 3 fully saturated rings. The number of rotatable bonds is 5. The first-order chi connectivity index (χ1) is 9.00. The van der Waals surface area contributed by atoms with Gasteiger partial charge < -0.3 is 10.2 Å². The molecule has 2 heterocycles. The normalized spacial score (nSPS) is 31.3. The second-order valence-electron chi connectivity index (χ2n) is 6.65. The van der Waals surface area contributed by atoms with Gasteiger partial charge in [-0.1, -0.05) is 0 Å². The topological polar surface area (TPSA) is 61.4 Å². The number of hydrogen-bond acceptors (Lipinski definition) is 4. The lowest BCUT2D eigenvalue weighted by atomic mass is 9.61. The van der Waals surface area contributed by atoms with Crippen LogP contribution >= 0.6 is 0 Å². The van der Waals surface area contributed by atoms with Gasteiger partial charge in [-0.3, -0.25) is 0 Å². The number of hydrogen-bond donors (Lipinski definition) is 2. The van der Waals surface area contributed by atoms with Crippen molar-refractivity contribution in [3.63, 3.8) is 0 Å². The Hall–Kier alpha value is -0.170. The van der Waals surface area contributed by atoms with Crippen LogP contribution in [0.5, 0.6) is 0 Å². The maximum atomic E-state index is 11.5. The third-order valence-corrected chi connectivity index (χ3v) is 6.33. The van der Waals surface area contributed by atoms with E-state index >= 15 is 0 Å². The molecule has 19 heavy (non-hydrogen) atoms. The van der Waals surface area contributed by atoms with E-state index in [1.165, 1.54) is 39.1 Å². The van der Waals surface area contributed by atoms with Crippen LogP contribution in [0.4, 0.5) is 0 Å². The standard InChI is InChI=1S/C13H25N3O2S/c1-2-19(17,18)15-12-5-13(6-12)9-16(10-13)8-11-3-4-14-7-11/h11-12,14-15H,2-10H2,1H3/t11-/m1/s1. The summed E-state index contributed by atoms with van der Waals surface area (Å²) >= 11 is 0. The summed E-state index contributed by atoms with van der Waals surface area (Å²) in [6.45, 7) is 7.60. The molecular weight excluding hydrogens is 262 g/mol. The Labute approximate surface area is 116 Å². The van der Waals surface area contributed by atoms with Crippen molar-refractivity contribution in [2.75, 3.05) is 38.5 Å². The highest BCUT2D eigenvalue weighted by atomic mass is 32.2.